The molecule has 1 aliphatic heterocycles. The molecule has 0 bridgehead atoms. The third-order valence-corrected chi connectivity index (χ3v) is 3.82. The molecule has 0 radical (unpaired) electrons. The number of thioether (sulfide) groups is 1. The highest BCUT2D eigenvalue weighted by atomic mass is 32.2. The van der Waals surface area contributed by atoms with Crippen molar-refractivity contribution in [3.8, 4) is 0 Å². The monoisotopic (exact) mass is 247 g/mol. The SMILES string of the molecule is CNc1nc(SC2COC2)c2ccccc2n1. The number of benzene rings is 1. The van der Waals surface area contributed by atoms with Crippen LogP contribution in [0.1, 0.15) is 0 Å². The molecule has 0 saturated carbocycles. The molecule has 1 fully saturated rings. The van der Waals surface area contributed by atoms with Crippen LogP contribution in [0.15, 0.2) is 29.3 Å². The number of rotatable bonds is 3. The summed E-state index contributed by atoms with van der Waals surface area (Å²) in [7, 11) is 1.84. The average Bonchev–Trinajstić information content (AvgIpc) is 2.33. The highest BCUT2D eigenvalue weighted by Crippen LogP contribution is 2.32. The van der Waals surface area contributed by atoms with Gasteiger partial charge in [0.25, 0.3) is 0 Å². The number of hydrogen-bond donors (Lipinski definition) is 1. The number of aromatic nitrogens is 2. The van der Waals surface area contributed by atoms with Gasteiger partial charge in [-0.1, -0.05) is 30.0 Å². The van der Waals surface area contributed by atoms with E-state index in [-0.39, 0.29) is 0 Å². The van der Waals surface area contributed by atoms with Gasteiger partial charge in [0.1, 0.15) is 5.03 Å². The van der Waals surface area contributed by atoms with Gasteiger partial charge in [-0.15, -0.1) is 0 Å². The smallest absolute Gasteiger partial charge is 0.224 e. The lowest BCUT2D eigenvalue weighted by molar-refractivity contribution is 0.0455. The molecule has 1 aromatic carbocycles. The first-order valence-corrected chi connectivity index (χ1v) is 6.44. The molecular formula is C12H13N3OS. The summed E-state index contributed by atoms with van der Waals surface area (Å²) in [6.07, 6.45) is 0. The Morgan fingerprint density at radius 1 is 1.29 bits per heavy atom. The number of fused-ring (bicyclic) bond motifs is 1. The van der Waals surface area contributed by atoms with Gasteiger partial charge < -0.3 is 10.1 Å². The first-order valence-electron chi connectivity index (χ1n) is 5.56. The van der Waals surface area contributed by atoms with E-state index < -0.39 is 0 Å². The zero-order chi connectivity index (χ0) is 11.7. The van der Waals surface area contributed by atoms with Crippen molar-refractivity contribution in [3.05, 3.63) is 24.3 Å². The lowest BCUT2D eigenvalue weighted by Gasteiger charge is -2.25. The Morgan fingerprint density at radius 2 is 2.12 bits per heavy atom. The van der Waals surface area contributed by atoms with Gasteiger partial charge in [0, 0.05) is 12.4 Å². The number of nitrogens with one attached hydrogen (secondary N) is 1. The van der Waals surface area contributed by atoms with Crippen LogP contribution in [0.4, 0.5) is 5.95 Å². The lowest BCUT2D eigenvalue weighted by atomic mass is 10.2. The maximum Gasteiger partial charge on any atom is 0.224 e. The van der Waals surface area contributed by atoms with Gasteiger partial charge in [0.05, 0.1) is 24.0 Å². The number of para-hydroxylation sites is 1. The first-order chi connectivity index (χ1) is 8.36. The van der Waals surface area contributed by atoms with Gasteiger partial charge in [-0.3, -0.25) is 0 Å². The van der Waals surface area contributed by atoms with Gasteiger partial charge in [0.15, 0.2) is 0 Å². The minimum Gasteiger partial charge on any atom is -0.379 e. The zero-order valence-corrected chi connectivity index (χ0v) is 10.3. The van der Waals surface area contributed by atoms with Gasteiger partial charge in [0.2, 0.25) is 5.95 Å². The summed E-state index contributed by atoms with van der Waals surface area (Å²) in [4.78, 5) is 8.97. The molecule has 1 aromatic heterocycles. The molecule has 0 unspecified atom stereocenters. The van der Waals surface area contributed by atoms with Crippen LogP contribution in [-0.2, 0) is 4.74 Å². The molecule has 17 heavy (non-hydrogen) atoms. The Morgan fingerprint density at radius 3 is 2.82 bits per heavy atom. The second-order valence-electron chi connectivity index (χ2n) is 3.90. The largest absolute Gasteiger partial charge is 0.379 e. The Hall–Kier alpha value is -1.33. The molecule has 0 spiro atoms. The van der Waals surface area contributed by atoms with E-state index >= 15 is 0 Å². The molecule has 2 aromatic rings. The molecule has 0 amide bonds. The fourth-order valence-electron chi connectivity index (χ4n) is 1.69. The summed E-state index contributed by atoms with van der Waals surface area (Å²) >= 11 is 1.77. The minimum atomic E-state index is 0.526. The van der Waals surface area contributed by atoms with Crippen LogP contribution in [0, 0.1) is 0 Å². The second kappa shape index (κ2) is 4.50. The van der Waals surface area contributed by atoms with Crippen LogP contribution < -0.4 is 5.32 Å². The van der Waals surface area contributed by atoms with Crippen LogP contribution in [0.2, 0.25) is 0 Å². The molecule has 2 heterocycles. The van der Waals surface area contributed by atoms with Gasteiger partial charge in [-0.05, 0) is 6.07 Å². The van der Waals surface area contributed by atoms with Gasteiger partial charge in [-0.2, -0.15) is 0 Å². The number of nitrogens with zero attached hydrogens (tertiary/aromatic N) is 2. The first kappa shape index (κ1) is 10.8. The third-order valence-electron chi connectivity index (χ3n) is 2.68. The molecule has 88 valence electrons. The quantitative estimate of drug-likeness (QED) is 0.842. The van der Waals surface area contributed by atoms with Crippen molar-refractivity contribution in [2.45, 2.75) is 10.3 Å². The summed E-state index contributed by atoms with van der Waals surface area (Å²) < 4.78 is 5.20. The van der Waals surface area contributed by atoms with Crippen molar-refractivity contribution in [1.29, 1.82) is 0 Å². The maximum atomic E-state index is 5.20. The lowest BCUT2D eigenvalue weighted by Crippen LogP contribution is -2.30. The van der Waals surface area contributed by atoms with Crippen molar-refractivity contribution in [2.75, 3.05) is 25.6 Å². The van der Waals surface area contributed by atoms with E-state index in [0.717, 1.165) is 29.1 Å². The van der Waals surface area contributed by atoms with Crippen molar-refractivity contribution < 1.29 is 4.74 Å². The van der Waals surface area contributed by atoms with E-state index in [4.69, 9.17) is 4.74 Å². The zero-order valence-electron chi connectivity index (χ0n) is 9.51. The van der Waals surface area contributed by atoms with E-state index in [1.165, 1.54) is 0 Å². The van der Waals surface area contributed by atoms with Crippen LogP contribution in [0.25, 0.3) is 10.9 Å². The molecular weight excluding hydrogens is 234 g/mol. The highest BCUT2D eigenvalue weighted by Gasteiger charge is 2.21. The van der Waals surface area contributed by atoms with Crippen LogP contribution >= 0.6 is 11.8 Å². The molecule has 4 nitrogen and oxygen atoms in total. The minimum absolute atomic E-state index is 0.526. The highest BCUT2D eigenvalue weighted by molar-refractivity contribution is 8.00. The van der Waals surface area contributed by atoms with E-state index in [1.807, 2.05) is 25.2 Å². The van der Waals surface area contributed by atoms with E-state index in [2.05, 4.69) is 21.4 Å². The van der Waals surface area contributed by atoms with Crippen LogP contribution in [-0.4, -0.2) is 35.5 Å². The fraction of sp³-hybridized carbons (Fsp3) is 0.333. The maximum absolute atomic E-state index is 5.20. The Kier molecular flexibility index (Phi) is 2.86. The predicted octanol–water partition coefficient (Wildman–Crippen LogP) is 2.16. The normalized spacial score (nSPS) is 15.8. The van der Waals surface area contributed by atoms with Crippen molar-refractivity contribution >= 4 is 28.6 Å². The number of ether oxygens (including phenoxy) is 1. The predicted molar refractivity (Wildman–Crippen MR) is 69.5 cm³/mol. The Labute approximate surface area is 104 Å². The molecule has 3 rings (SSSR count). The second-order valence-corrected chi connectivity index (χ2v) is 5.19. The van der Waals surface area contributed by atoms with E-state index in [0.29, 0.717) is 11.2 Å². The summed E-state index contributed by atoms with van der Waals surface area (Å²) in [6, 6.07) is 8.09. The summed E-state index contributed by atoms with van der Waals surface area (Å²) in [5.74, 6) is 0.673. The molecule has 1 aliphatic rings. The Bertz CT molecular complexity index is 542. The van der Waals surface area contributed by atoms with Crippen molar-refractivity contribution in [1.82, 2.24) is 9.97 Å². The van der Waals surface area contributed by atoms with Crippen LogP contribution in [0.5, 0.6) is 0 Å². The topological polar surface area (TPSA) is 47.0 Å². The molecule has 1 saturated heterocycles. The molecule has 0 atom stereocenters. The average molecular weight is 247 g/mol. The van der Waals surface area contributed by atoms with Crippen LogP contribution in [0.3, 0.4) is 0 Å². The summed E-state index contributed by atoms with van der Waals surface area (Å²) in [6.45, 7) is 1.63. The fourth-order valence-corrected chi connectivity index (χ4v) is 2.77. The third kappa shape index (κ3) is 2.08. The summed E-state index contributed by atoms with van der Waals surface area (Å²) in [5.41, 5.74) is 0.981. The number of anilines is 1. The van der Waals surface area contributed by atoms with E-state index in [9.17, 15) is 0 Å². The van der Waals surface area contributed by atoms with E-state index in [1.54, 1.807) is 11.8 Å². The van der Waals surface area contributed by atoms with Gasteiger partial charge >= 0.3 is 0 Å². The molecule has 5 heteroatoms. The number of hydrogen-bond acceptors (Lipinski definition) is 5. The van der Waals surface area contributed by atoms with Crippen molar-refractivity contribution in [3.63, 3.8) is 0 Å². The summed E-state index contributed by atoms with van der Waals surface area (Å²) in [5, 5.41) is 5.68. The Balaban J connectivity index is 2.05. The molecule has 1 N–H and O–H groups in total. The standard InChI is InChI=1S/C12H13N3OS/c1-13-12-14-10-5-3-2-4-9(10)11(15-12)17-8-6-16-7-8/h2-5,8H,6-7H2,1H3,(H,13,14,15). The van der Waals surface area contributed by atoms with Crippen molar-refractivity contribution in [2.24, 2.45) is 0 Å². The van der Waals surface area contributed by atoms with Gasteiger partial charge in [-0.25, -0.2) is 9.97 Å². The molecule has 0 aliphatic carbocycles.